The van der Waals surface area contributed by atoms with Crippen LogP contribution in [0.15, 0.2) is 47.3 Å². The van der Waals surface area contributed by atoms with Crippen LogP contribution in [-0.2, 0) is 9.53 Å². The van der Waals surface area contributed by atoms with Crippen LogP contribution in [0, 0.1) is 0 Å². The standard InChI is InChI=1S/C22H28N4O2S/c1-28-15-14-25(18-8-4-2-5-9-18)20(27)16-29-22-23-21(17-12-13-17)26(24-22)19-10-6-3-7-11-19/h3,6-8,10-11,17H,2,4-5,9,12-16H2,1H3. The van der Waals surface area contributed by atoms with Crippen molar-refractivity contribution in [3.05, 3.63) is 47.9 Å². The van der Waals surface area contributed by atoms with Gasteiger partial charge in [-0.25, -0.2) is 9.67 Å². The van der Waals surface area contributed by atoms with Gasteiger partial charge in [0, 0.05) is 25.3 Å². The van der Waals surface area contributed by atoms with Crippen LogP contribution in [0.2, 0.25) is 0 Å². The summed E-state index contributed by atoms with van der Waals surface area (Å²) in [6.07, 6.45) is 8.88. The van der Waals surface area contributed by atoms with E-state index in [2.05, 4.69) is 6.08 Å². The van der Waals surface area contributed by atoms with Gasteiger partial charge < -0.3 is 9.64 Å². The van der Waals surface area contributed by atoms with Gasteiger partial charge >= 0.3 is 0 Å². The molecule has 29 heavy (non-hydrogen) atoms. The summed E-state index contributed by atoms with van der Waals surface area (Å²) in [6, 6.07) is 10.1. The Hall–Kier alpha value is -2.12. The van der Waals surface area contributed by atoms with Crippen molar-refractivity contribution in [2.45, 2.75) is 49.6 Å². The third-order valence-electron chi connectivity index (χ3n) is 5.31. The summed E-state index contributed by atoms with van der Waals surface area (Å²) in [4.78, 5) is 19.6. The minimum absolute atomic E-state index is 0.101. The predicted molar refractivity (Wildman–Crippen MR) is 114 cm³/mol. The van der Waals surface area contributed by atoms with Crippen molar-refractivity contribution in [1.82, 2.24) is 19.7 Å². The van der Waals surface area contributed by atoms with E-state index in [4.69, 9.17) is 14.8 Å². The fourth-order valence-electron chi connectivity index (χ4n) is 3.61. The van der Waals surface area contributed by atoms with E-state index in [1.165, 1.54) is 18.2 Å². The van der Waals surface area contributed by atoms with E-state index < -0.39 is 0 Å². The molecule has 0 aliphatic heterocycles. The zero-order chi connectivity index (χ0) is 20.1. The molecule has 4 rings (SSSR count). The minimum Gasteiger partial charge on any atom is -0.383 e. The van der Waals surface area contributed by atoms with Gasteiger partial charge in [-0.15, -0.1) is 5.10 Å². The summed E-state index contributed by atoms with van der Waals surface area (Å²) in [5.41, 5.74) is 2.16. The number of para-hydroxylation sites is 1. The number of methoxy groups -OCH3 is 1. The summed E-state index contributed by atoms with van der Waals surface area (Å²) < 4.78 is 7.16. The van der Waals surface area contributed by atoms with Gasteiger partial charge in [-0.1, -0.05) is 36.0 Å². The Labute approximate surface area is 176 Å². The van der Waals surface area contributed by atoms with Gasteiger partial charge in [0.25, 0.3) is 0 Å². The molecule has 1 amide bonds. The van der Waals surface area contributed by atoms with E-state index in [1.54, 1.807) is 7.11 Å². The third-order valence-corrected chi connectivity index (χ3v) is 6.14. The van der Waals surface area contributed by atoms with Gasteiger partial charge in [0.05, 0.1) is 18.0 Å². The largest absolute Gasteiger partial charge is 0.383 e. The molecule has 2 aliphatic rings. The molecule has 1 saturated carbocycles. The fraction of sp³-hybridized carbons (Fsp3) is 0.500. The number of nitrogens with zero attached hydrogens (tertiary/aromatic N) is 4. The number of ether oxygens (including phenoxy) is 1. The number of aromatic nitrogens is 3. The maximum Gasteiger partial charge on any atom is 0.237 e. The lowest BCUT2D eigenvalue weighted by Gasteiger charge is -2.27. The quantitative estimate of drug-likeness (QED) is 0.579. The van der Waals surface area contributed by atoms with E-state index in [1.807, 2.05) is 39.9 Å². The second kappa shape index (κ2) is 9.59. The molecule has 0 spiro atoms. The van der Waals surface area contributed by atoms with Crippen LogP contribution < -0.4 is 0 Å². The first-order chi connectivity index (χ1) is 14.3. The summed E-state index contributed by atoms with van der Waals surface area (Å²) in [7, 11) is 1.67. The molecular weight excluding hydrogens is 384 g/mol. The van der Waals surface area contributed by atoms with Crippen LogP contribution in [0.3, 0.4) is 0 Å². The first-order valence-corrected chi connectivity index (χ1v) is 11.4. The lowest BCUT2D eigenvalue weighted by atomic mass is 10.0. The zero-order valence-electron chi connectivity index (χ0n) is 16.9. The SMILES string of the molecule is COCCN(C(=O)CSc1nc(C2CC2)n(-c2ccccc2)n1)C1=CCCCC1. The van der Waals surface area contributed by atoms with Gasteiger partial charge in [-0.05, 0) is 50.7 Å². The molecule has 2 aliphatic carbocycles. The molecule has 7 heteroatoms. The number of amides is 1. The number of hydrogen-bond donors (Lipinski definition) is 0. The van der Waals surface area contributed by atoms with Gasteiger partial charge in [-0.2, -0.15) is 0 Å². The highest BCUT2D eigenvalue weighted by Gasteiger charge is 2.30. The number of hydrogen-bond acceptors (Lipinski definition) is 5. The van der Waals surface area contributed by atoms with E-state index in [9.17, 15) is 4.79 Å². The highest BCUT2D eigenvalue weighted by molar-refractivity contribution is 7.99. The van der Waals surface area contributed by atoms with Crippen LogP contribution >= 0.6 is 11.8 Å². The second-order valence-electron chi connectivity index (χ2n) is 7.54. The maximum atomic E-state index is 13.0. The lowest BCUT2D eigenvalue weighted by molar-refractivity contribution is -0.127. The molecule has 1 fully saturated rings. The Morgan fingerprint density at radius 1 is 1.28 bits per heavy atom. The number of allylic oxidation sites excluding steroid dienone is 2. The second-order valence-corrected chi connectivity index (χ2v) is 8.48. The summed E-state index contributed by atoms with van der Waals surface area (Å²) >= 11 is 1.43. The van der Waals surface area contributed by atoms with Gasteiger partial charge in [0.1, 0.15) is 5.82 Å². The lowest BCUT2D eigenvalue weighted by Crippen LogP contribution is -2.35. The topological polar surface area (TPSA) is 60.2 Å². The smallest absolute Gasteiger partial charge is 0.237 e. The summed E-state index contributed by atoms with van der Waals surface area (Å²) in [5, 5.41) is 5.38. The minimum atomic E-state index is 0.101. The Morgan fingerprint density at radius 2 is 2.10 bits per heavy atom. The maximum absolute atomic E-state index is 13.0. The number of carbonyl (C=O) groups excluding carboxylic acids is 1. The number of benzene rings is 1. The fourth-order valence-corrected chi connectivity index (χ4v) is 4.32. The molecule has 1 aromatic heterocycles. The van der Waals surface area contributed by atoms with Crippen molar-refractivity contribution in [3.63, 3.8) is 0 Å². The molecule has 0 N–H and O–H groups in total. The van der Waals surface area contributed by atoms with Crippen LogP contribution in [0.1, 0.15) is 50.3 Å². The number of rotatable bonds is 9. The first kappa shape index (κ1) is 20.2. The van der Waals surface area contributed by atoms with Crippen LogP contribution in [0.4, 0.5) is 0 Å². The van der Waals surface area contributed by atoms with E-state index >= 15 is 0 Å². The molecule has 0 atom stereocenters. The molecule has 1 heterocycles. The normalized spacial score (nSPS) is 16.5. The Bertz CT molecular complexity index is 861. The van der Waals surface area contributed by atoms with Crippen molar-refractivity contribution in [1.29, 1.82) is 0 Å². The van der Waals surface area contributed by atoms with Gasteiger partial charge in [0.2, 0.25) is 11.1 Å². The highest BCUT2D eigenvalue weighted by atomic mass is 32.2. The number of carbonyl (C=O) groups is 1. The summed E-state index contributed by atoms with van der Waals surface area (Å²) in [6.45, 7) is 1.14. The third kappa shape index (κ3) is 5.08. The molecule has 0 radical (unpaired) electrons. The van der Waals surface area contributed by atoms with Crippen molar-refractivity contribution in [3.8, 4) is 5.69 Å². The molecular formula is C22H28N4O2S. The van der Waals surface area contributed by atoms with E-state index in [0.29, 0.717) is 30.0 Å². The predicted octanol–water partition coefficient (Wildman–Crippen LogP) is 4.17. The first-order valence-electron chi connectivity index (χ1n) is 10.4. The van der Waals surface area contributed by atoms with E-state index in [-0.39, 0.29) is 5.91 Å². The molecule has 6 nitrogen and oxygen atoms in total. The molecule has 0 unspecified atom stereocenters. The van der Waals surface area contributed by atoms with Crippen molar-refractivity contribution in [2.75, 3.05) is 26.0 Å². The molecule has 0 saturated heterocycles. The van der Waals surface area contributed by atoms with Gasteiger partial charge in [-0.3, -0.25) is 4.79 Å². The van der Waals surface area contributed by atoms with Crippen molar-refractivity contribution in [2.24, 2.45) is 0 Å². The van der Waals surface area contributed by atoms with Crippen LogP contribution in [0.25, 0.3) is 5.69 Å². The van der Waals surface area contributed by atoms with Crippen LogP contribution in [0.5, 0.6) is 0 Å². The average molecular weight is 413 g/mol. The Morgan fingerprint density at radius 3 is 2.79 bits per heavy atom. The molecule has 2 aromatic rings. The molecule has 154 valence electrons. The van der Waals surface area contributed by atoms with Gasteiger partial charge in [0.15, 0.2) is 0 Å². The van der Waals surface area contributed by atoms with E-state index in [0.717, 1.165) is 49.3 Å². The average Bonchev–Trinajstić information content (AvgIpc) is 3.53. The molecule has 1 aromatic carbocycles. The monoisotopic (exact) mass is 412 g/mol. The zero-order valence-corrected chi connectivity index (χ0v) is 17.7. The molecule has 0 bridgehead atoms. The highest BCUT2D eigenvalue weighted by Crippen LogP contribution is 2.40. The number of thioether (sulfide) groups is 1. The summed E-state index contributed by atoms with van der Waals surface area (Å²) in [5.74, 6) is 1.93. The van der Waals surface area contributed by atoms with Crippen molar-refractivity contribution >= 4 is 17.7 Å². The van der Waals surface area contributed by atoms with Crippen molar-refractivity contribution < 1.29 is 9.53 Å². The Kier molecular flexibility index (Phi) is 6.67. The van der Waals surface area contributed by atoms with Crippen LogP contribution in [-0.4, -0.2) is 51.6 Å². The Balaban J connectivity index is 1.46.